The van der Waals surface area contributed by atoms with Gasteiger partial charge in [-0.05, 0) is 106 Å². The number of aliphatic hydroxyl groups excluding tert-OH is 1. The van der Waals surface area contributed by atoms with Crippen LogP contribution in [0.4, 0.5) is 0 Å². The van der Waals surface area contributed by atoms with E-state index < -0.39 is 56.4 Å². The molecule has 4 aliphatic rings. The van der Waals surface area contributed by atoms with Crippen molar-refractivity contribution in [3.8, 4) is 0 Å². The highest BCUT2D eigenvalue weighted by molar-refractivity contribution is 7.72. The number of carbonyl (C=O) groups excluding carboxylic acids is 2. The van der Waals surface area contributed by atoms with Crippen molar-refractivity contribution in [1.82, 2.24) is 5.32 Å². The molecule has 0 aromatic heterocycles. The fourth-order valence-electron chi connectivity index (χ4n) is 11.0. The molecule has 0 aliphatic heterocycles. The molecule has 4 aliphatic carbocycles. The van der Waals surface area contributed by atoms with Crippen molar-refractivity contribution in [3.05, 3.63) is 0 Å². The van der Waals surface area contributed by atoms with Crippen molar-refractivity contribution >= 4 is 27.1 Å². The maximum atomic E-state index is 13.2. The van der Waals surface area contributed by atoms with Crippen LogP contribution in [0.3, 0.4) is 0 Å². The number of unbranched alkanes of at least 4 members (excludes halogenated alkanes) is 3. The van der Waals surface area contributed by atoms with Crippen molar-refractivity contribution in [3.63, 3.8) is 0 Å². The second kappa shape index (κ2) is 15.8. The summed E-state index contributed by atoms with van der Waals surface area (Å²) in [6, 6.07) is 0. The molecular formula is C35H63NO12P2. The number of rotatable bonds is 16. The lowest BCUT2D eigenvalue weighted by atomic mass is 9.43. The predicted octanol–water partition coefficient (Wildman–Crippen LogP) is 4.93. The van der Waals surface area contributed by atoms with Crippen LogP contribution in [0.2, 0.25) is 0 Å². The summed E-state index contributed by atoms with van der Waals surface area (Å²) < 4.78 is 29.3. The van der Waals surface area contributed by atoms with Crippen LogP contribution >= 0.6 is 15.2 Å². The average molecular weight is 752 g/mol. The van der Waals surface area contributed by atoms with Crippen molar-refractivity contribution in [2.24, 2.45) is 40.4 Å². The first kappa shape index (κ1) is 41.9. The van der Waals surface area contributed by atoms with Crippen LogP contribution in [-0.2, 0) is 23.5 Å². The average Bonchev–Trinajstić information content (AvgIpc) is 3.38. The lowest BCUT2D eigenvalue weighted by molar-refractivity contribution is -0.197. The fraction of sp³-hybridized carbons (Fsp3) is 0.943. The first-order chi connectivity index (χ1) is 23.1. The molecule has 0 heterocycles. The number of carbonyl (C=O) groups is 2. The number of ether oxygens (including phenoxy) is 1. The molecule has 4 rings (SSSR count). The fourth-order valence-corrected chi connectivity index (χ4v) is 13.3. The van der Waals surface area contributed by atoms with Gasteiger partial charge in [0.15, 0.2) is 0 Å². The molecule has 0 aromatic rings. The van der Waals surface area contributed by atoms with Crippen LogP contribution in [0.15, 0.2) is 0 Å². The summed E-state index contributed by atoms with van der Waals surface area (Å²) >= 11 is 0. The molecule has 0 unspecified atom stereocenters. The number of hydrogen-bond acceptors (Lipinski definition) is 8. The third kappa shape index (κ3) is 8.57. The zero-order valence-electron chi connectivity index (χ0n) is 30.3. The molecule has 0 bridgehead atoms. The van der Waals surface area contributed by atoms with Crippen molar-refractivity contribution < 1.29 is 58.3 Å². The molecule has 13 nitrogen and oxygen atoms in total. The summed E-state index contributed by atoms with van der Waals surface area (Å²) in [5, 5.41) is 31.5. The molecular weight excluding hydrogens is 688 g/mol. The predicted molar refractivity (Wildman–Crippen MR) is 186 cm³/mol. The van der Waals surface area contributed by atoms with Gasteiger partial charge in [0.25, 0.3) is 5.08 Å². The van der Waals surface area contributed by atoms with Crippen LogP contribution < -0.4 is 5.32 Å². The monoisotopic (exact) mass is 751 g/mol. The molecule has 0 spiro atoms. The summed E-state index contributed by atoms with van der Waals surface area (Å²) in [6.45, 7) is 8.69. The van der Waals surface area contributed by atoms with Crippen LogP contribution in [0, 0.1) is 40.4 Å². The number of esters is 1. The van der Waals surface area contributed by atoms with E-state index in [2.05, 4.69) is 26.1 Å². The van der Waals surface area contributed by atoms with Gasteiger partial charge in [-0.3, -0.25) is 18.7 Å². The van der Waals surface area contributed by atoms with E-state index in [1.165, 1.54) is 6.42 Å². The number of aliphatic hydroxyl groups is 3. The van der Waals surface area contributed by atoms with Crippen LogP contribution in [0.1, 0.15) is 137 Å². The van der Waals surface area contributed by atoms with Crippen LogP contribution in [-0.4, -0.2) is 76.2 Å². The van der Waals surface area contributed by atoms with E-state index in [1.807, 2.05) is 6.92 Å². The van der Waals surface area contributed by atoms with Gasteiger partial charge in [0.05, 0.1) is 18.1 Å². The normalized spacial score (nSPS) is 35.7. The Kier molecular flexibility index (Phi) is 13.3. The smallest absolute Gasteiger partial charge is 0.369 e. The molecule has 50 heavy (non-hydrogen) atoms. The quantitative estimate of drug-likeness (QED) is 0.0597. The highest BCUT2D eigenvalue weighted by atomic mass is 31.2. The van der Waals surface area contributed by atoms with E-state index in [0.717, 1.165) is 57.8 Å². The zero-order valence-corrected chi connectivity index (χ0v) is 32.1. The Morgan fingerprint density at radius 2 is 1.46 bits per heavy atom. The van der Waals surface area contributed by atoms with Gasteiger partial charge in [-0.25, -0.2) is 0 Å². The standard InChI is InChI=1S/C35H63NO12P2/c1-5-6-7-8-16-34(4,40)29-11-10-25-24-22-28(27-21-23(37)14-18-32(27,2)26(24)15-19-33(25,29)3)48-31(39)13-12-30(38)36-20-9-17-35(41,49(42,43)44)50(45,46)47/h23-29,37,40-41H,5-22H2,1-4H3,(H,36,38)(H2,42,43,44)(H2,45,46,47)/t23-,24-,25-,26-,27+,28-,29-,32+,33-,34-/m0/s1. The molecule has 8 N–H and O–H groups in total. The molecule has 15 heteroatoms. The van der Waals surface area contributed by atoms with Gasteiger partial charge in [0.1, 0.15) is 6.10 Å². The molecule has 0 radical (unpaired) electrons. The van der Waals surface area contributed by atoms with Crippen LogP contribution in [0.5, 0.6) is 0 Å². The lowest BCUT2D eigenvalue weighted by Gasteiger charge is -2.63. The maximum Gasteiger partial charge on any atom is 0.369 e. The second-order valence-electron chi connectivity index (χ2n) is 16.8. The number of nitrogens with one attached hydrogen (secondary N) is 1. The highest BCUT2D eigenvalue weighted by Crippen LogP contribution is 2.70. The first-order valence-electron chi connectivity index (χ1n) is 18.8. The maximum absolute atomic E-state index is 13.2. The summed E-state index contributed by atoms with van der Waals surface area (Å²) in [4.78, 5) is 62.8. The Balaban J connectivity index is 1.38. The number of hydrogen-bond donors (Lipinski definition) is 8. The van der Waals surface area contributed by atoms with Crippen molar-refractivity contribution in [1.29, 1.82) is 0 Å². The summed E-state index contributed by atoms with van der Waals surface area (Å²) in [7, 11) is -11.2. The Hall–Kier alpha value is -0.880. The minimum Gasteiger partial charge on any atom is -0.462 e. The molecule has 1 amide bonds. The van der Waals surface area contributed by atoms with E-state index in [1.54, 1.807) is 0 Å². The summed E-state index contributed by atoms with van der Waals surface area (Å²) in [5.41, 5.74) is -0.840. The number of amides is 1. The molecule has 0 aromatic carbocycles. The van der Waals surface area contributed by atoms with E-state index in [0.29, 0.717) is 37.0 Å². The van der Waals surface area contributed by atoms with Gasteiger partial charge < -0.3 is 44.9 Å². The SMILES string of the molecule is CCCCCC[C@](C)(O)[C@H]1CC[C@H]2[C@@H]3C[C@H](OC(=O)CCC(=O)NCCCC(O)(P(=O)(O)O)P(=O)(O)O)[C@H]4C[C@@H](O)CC[C@]4(C)[C@H]3CC[C@@]21C. The minimum atomic E-state index is -5.58. The third-order valence-corrected chi connectivity index (χ3v) is 17.6. The lowest BCUT2D eigenvalue weighted by Crippen LogP contribution is -2.59. The summed E-state index contributed by atoms with van der Waals surface area (Å²) in [6.07, 6.45) is 9.72. The number of fused-ring (bicyclic) bond motifs is 5. The van der Waals surface area contributed by atoms with Gasteiger partial charge >= 0.3 is 21.2 Å². The van der Waals surface area contributed by atoms with Gasteiger partial charge in [0.2, 0.25) is 5.91 Å². The van der Waals surface area contributed by atoms with Gasteiger partial charge in [-0.2, -0.15) is 0 Å². The molecule has 4 saturated carbocycles. The van der Waals surface area contributed by atoms with E-state index >= 15 is 0 Å². The molecule has 290 valence electrons. The Morgan fingerprint density at radius 3 is 2.10 bits per heavy atom. The molecule has 4 fully saturated rings. The third-order valence-electron chi connectivity index (χ3n) is 13.7. The van der Waals surface area contributed by atoms with E-state index in [4.69, 9.17) is 4.74 Å². The van der Waals surface area contributed by atoms with Gasteiger partial charge in [0, 0.05) is 25.3 Å². The first-order valence-corrected chi connectivity index (χ1v) is 22.0. The highest BCUT2D eigenvalue weighted by Gasteiger charge is 2.64. The van der Waals surface area contributed by atoms with Crippen LogP contribution in [0.25, 0.3) is 0 Å². The summed E-state index contributed by atoms with van der Waals surface area (Å²) in [5.74, 6) is 0.299. The van der Waals surface area contributed by atoms with E-state index in [-0.39, 0.29) is 48.5 Å². The van der Waals surface area contributed by atoms with Gasteiger partial charge in [-0.1, -0.05) is 46.5 Å². The Morgan fingerprint density at radius 1 is 0.820 bits per heavy atom. The topological polar surface area (TPSA) is 231 Å². The largest absolute Gasteiger partial charge is 0.462 e. The second-order valence-corrected chi connectivity index (χ2v) is 20.8. The Labute approximate surface area is 297 Å². The van der Waals surface area contributed by atoms with Crippen molar-refractivity contribution in [2.45, 2.75) is 160 Å². The minimum absolute atomic E-state index is 0.00435. The Bertz CT molecular complexity index is 1280. The van der Waals surface area contributed by atoms with Gasteiger partial charge in [-0.15, -0.1) is 0 Å². The van der Waals surface area contributed by atoms with Crippen molar-refractivity contribution in [2.75, 3.05) is 6.54 Å². The van der Waals surface area contributed by atoms with E-state index in [9.17, 15) is 53.6 Å². The molecule has 10 atom stereocenters. The molecule has 0 saturated heterocycles. The zero-order chi connectivity index (χ0) is 37.3.